The number of thiol groups is 1. The number of hydrogen-bond acceptors (Lipinski definition) is 10. The van der Waals surface area contributed by atoms with E-state index in [1.165, 1.54) is 10.9 Å². The summed E-state index contributed by atoms with van der Waals surface area (Å²) in [4.78, 5) is 33.1. The lowest BCUT2D eigenvalue weighted by Gasteiger charge is -2.38. The minimum Gasteiger partial charge on any atom is -0.414 e. The summed E-state index contributed by atoms with van der Waals surface area (Å²) in [5.74, 6) is 0.314. The molecule has 2 aromatic heterocycles. The van der Waals surface area contributed by atoms with Gasteiger partial charge in [0, 0.05) is 4.75 Å². The van der Waals surface area contributed by atoms with E-state index in [1.54, 1.807) is 0 Å². The summed E-state index contributed by atoms with van der Waals surface area (Å²) in [5, 5.41) is 11.5. The van der Waals surface area contributed by atoms with Gasteiger partial charge in [-0.3, -0.25) is 19.3 Å². The van der Waals surface area contributed by atoms with Gasteiger partial charge in [-0.25, -0.2) is 9.78 Å². The number of ether oxygens (including phenoxy) is 1. The van der Waals surface area contributed by atoms with Crippen molar-refractivity contribution in [3.05, 3.63) is 39.3 Å². The van der Waals surface area contributed by atoms with Crippen molar-refractivity contribution >= 4 is 51.1 Å². The van der Waals surface area contributed by atoms with E-state index in [0.29, 0.717) is 5.92 Å². The Balaban J connectivity index is 1.59. The molecule has 2 aromatic rings. The Morgan fingerprint density at radius 2 is 2.05 bits per heavy atom. The van der Waals surface area contributed by atoms with E-state index in [1.807, 2.05) is 13.8 Å². The lowest BCUT2D eigenvalue weighted by Crippen LogP contribution is -2.45. The standard InChI is InChI=1S/C26H41N4O7PS2Si/c1-14(2)15-9-10-26(6,39)17(11-15)36-38(40)37-20-16(12-34-41(7,8)25(3,4)5)35-23(19(20)31)30-13-27-18-21(30)28-24(33)29-22(18)32/h13,15-17,19-20,23,31H,1,9-12H2,2-8H3,(H2-,28,29,32,33,39)/p+1/t15-,16+,17+,19+,20+,23+,26+/m0/s1. The third kappa shape index (κ3) is 6.96. The molecule has 0 bridgehead atoms. The lowest BCUT2D eigenvalue weighted by atomic mass is 9.77. The van der Waals surface area contributed by atoms with Crippen molar-refractivity contribution in [3.8, 4) is 0 Å². The summed E-state index contributed by atoms with van der Waals surface area (Å²) < 4.78 is 26.3. The zero-order valence-electron chi connectivity index (χ0n) is 24.7. The molecule has 1 unspecified atom stereocenters. The van der Waals surface area contributed by atoms with Crippen molar-refractivity contribution in [3.63, 3.8) is 0 Å². The largest absolute Gasteiger partial charge is 0.522 e. The predicted molar refractivity (Wildman–Crippen MR) is 168 cm³/mol. The van der Waals surface area contributed by atoms with Crippen LogP contribution >= 0.6 is 19.8 Å². The highest BCUT2D eigenvalue weighted by atomic mass is 32.4. The number of nitrogens with zero attached hydrogens (tertiary/aromatic N) is 2. The molecule has 0 amide bonds. The van der Waals surface area contributed by atoms with Gasteiger partial charge in [0.1, 0.15) is 24.0 Å². The predicted octanol–water partition coefficient (Wildman–Crippen LogP) is 4.30. The summed E-state index contributed by atoms with van der Waals surface area (Å²) >= 11 is 10.6. The summed E-state index contributed by atoms with van der Waals surface area (Å²) in [6, 6.07) is 0. The van der Waals surface area contributed by atoms with Crippen LogP contribution in [0.15, 0.2) is 28.1 Å². The fraction of sp³-hybridized carbons (Fsp3) is 0.731. The Labute approximate surface area is 252 Å². The molecule has 2 aliphatic rings. The van der Waals surface area contributed by atoms with Crippen LogP contribution in [0.3, 0.4) is 0 Å². The maximum absolute atomic E-state index is 12.3. The maximum Gasteiger partial charge on any atom is 0.522 e. The van der Waals surface area contributed by atoms with Crippen LogP contribution in [0.1, 0.15) is 60.1 Å². The zero-order chi connectivity index (χ0) is 30.5. The second-order valence-corrected chi connectivity index (χ2v) is 20.5. The first-order valence-corrected chi connectivity index (χ1v) is 19.3. The minimum absolute atomic E-state index is 0.0186. The van der Waals surface area contributed by atoms with E-state index in [9.17, 15) is 14.7 Å². The molecule has 228 valence electrons. The SMILES string of the molecule is C=C(C)[C@H]1CC[C@@](C)(S)[C@H](O[P+](=S)O[C@H]2[C@@H](O)[C@H](n3cnc4c(=O)[nH]c(=O)[nH]c43)O[C@@H]2CO[Si](C)(C)C(C)(C)C)C1. The van der Waals surface area contributed by atoms with Crippen molar-refractivity contribution in [2.24, 2.45) is 5.92 Å². The third-order valence-electron chi connectivity index (χ3n) is 8.78. The molecule has 1 aliphatic carbocycles. The third-order valence-corrected chi connectivity index (χ3v) is 15.1. The number of fused-ring (bicyclic) bond motifs is 1. The Hall–Kier alpha value is -1.22. The molecule has 0 aromatic carbocycles. The molecule has 11 nitrogen and oxygen atoms in total. The van der Waals surface area contributed by atoms with E-state index < -0.39 is 51.3 Å². The van der Waals surface area contributed by atoms with Crippen LogP contribution in [0.25, 0.3) is 11.2 Å². The number of hydrogen-bond donors (Lipinski definition) is 4. The molecule has 1 saturated heterocycles. The number of aromatic amines is 2. The second kappa shape index (κ2) is 12.0. The van der Waals surface area contributed by atoms with E-state index in [2.05, 4.69) is 55.4 Å². The maximum atomic E-state index is 12.3. The molecular formula is C26H42N4O7PS2Si+. The summed E-state index contributed by atoms with van der Waals surface area (Å²) in [5.41, 5.74) is -0.0844. The van der Waals surface area contributed by atoms with Crippen LogP contribution in [0.5, 0.6) is 0 Å². The number of aromatic nitrogens is 4. The summed E-state index contributed by atoms with van der Waals surface area (Å²) in [7, 11) is -4.05. The average Bonchev–Trinajstić information content (AvgIpc) is 3.39. The summed E-state index contributed by atoms with van der Waals surface area (Å²) in [6.45, 7) is 19.0. The Morgan fingerprint density at radius 3 is 2.68 bits per heavy atom. The van der Waals surface area contributed by atoms with Gasteiger partial charge in [0.25, 0.3) is 5.56 Å². The fourth-order valence-corrected chi connectivity index (χ4v) is 7.99. The molecule has 3 N–H and O–H groups in total. The fourth-order valence-electron chi connectivity index (χ4n) is 4.96. The van der Waals surface area contributed by atoms with Crippen molar-refractivity contribution in [1.29, 1.82) is 0 Å². The zero-order valence-corrected chi connectivity index (χ0v) is 28.3. The van der Waals surface area contributed by atoms with Gasteiger partial charge in [-0.2, -0.15) is 12.6 Å². The number of aliphatic hydroxyl groups excluding tert-OH is 1. The van der Waals surface area contributed by atoms with Crippen LogP contribution in [0.2, 0.25) is 18.1 Å². The van der Waals surface area contributed by atoms with Crippen molar-refractivity contribution in [2.75, 3.05) is 6.61 Å². The Bertz CT molecular complexity index is 1420. The molecule has 2 fully saturated rings. The molecule has 0 radical (unpaired) electrons. The van der Waals surface area contributed by atoms with E-state index in [4.69, 9.17) is 42.6 Å². The van der Waals surface area contributed by atoms with E-state index in [0.717, 1.165) is 24.8 Å². The monoisotopic (exact) mass is 645 g/mol. The number of nitrogens with one attached hydrogen (secondary N) is 2. The molecular weight excluding hydrogens is 604 g/mol. The van der Waals surface area contributed by atoms with Crippen molar-refractivity contribution in [1.82, 2.24) is 19.5 Å². The van der Waals surface area contributed by atoms with Gasteiger partial charge >= 0.3 is 12.8 Å². The van der Waals surface area contributed by atoms with Crippen molar-refractivity contribution < 1.29 is 23.3 Å². The van der Waals surface area contributed by atoms with E-state index in [-0.39, 0.29) is 33.7 Å². The average molecular weight is 646 g/mol. The molecule has 0 spiro atoms. The smallest absolute Gasteiger partial charge is 0.414 e. The molecule has 1 aliphatic heterocycles. The molecule has 3 heterocycles. The van der Waals surface area contributed by atoms with Crippen LogP contribution < -0.4 is 11.2 Å². The molecule has 15 heteroatoms. The van der Waals surface area contributed by atoms with Crippen LogP contribution in [-0.2, 0) is 30.0 Å². The molecule has 4 rings (SSSR count). The van der Waals surface area contributed by atoms with Gasteiger partial charge in [0.15, 0.2) is 26.2 Å². The number of allylic oxidation sites excluding steroid dienone is 1. The van der Waals surface area contributed by atoms with E-state index >= 15 is 0 Å². The summed E-state index contributed by atoms with van der Waals surface area (Å²) in [6.07, 6.45) is -0.186. The minimum atomic E-state index is -2.18. The van der Waals surface area contributed by atoms with Crippen LogP contribution in [0, 0.1) is 5.92 Å². The normalized spacial score (nSPS) is 31.5. The van der Waals surface area contributed by atoms with Gasteiger partial charge in [0.2, 0.25) is 11.8 Å². The number of rotatable bonds is 9. The molecule has 8 atom stereocenters. The first kappa shape index (κ1) is 32.7. The molecule has 1 saturated carbocycles. The van der Waals surface area contributed by atoms with Crippen molar-refractivity contribution in [2.45, 2.75) is 107 Å². The molecule has 41 heavy (non-hydrogen) atoms. The lowest BCUT2D eigenvalue weighted by molar-refractivity contribution is -0.0486. The first-order valence-electron chi connectivity index (χ1n) is 13.8. The topological polar surface area (TPSA) is 141 Å². The van der Waals surface area contributed by atoms with Gasteiger partial charge < -0.3 is 14.3 Å². The van der Waals surface area contributed by atoms with Gasteiger partial charge in [-0.15, -0.1) is 9.05 Å². The number of H-pyrrole nitrogens is 2. The quantitative estimate of drug-likeness (QED) is 0.136. The second-order valence-electron chi connectivity index (χ2n) is 12.9. The van der Waals surface area contributed by atoms with Gasteiger partial charge in [0.05, 0.1) is 12.9 Å². The number of aliphatic hydroxyl groups is 1. The van der Waals surface area contributed by atoms with Gasteiger partial charge in [-0.05, 0) is 57.2 Å². The van der Waals surface area contributed by atoms with Crippen LogP contribution in [0.4, 0.5) is 0 Å². The Morgan fingerprint density at radius 1 is 1.37 bits per heavy atom. The highest BCUT2D eigenvalue weighted by Crippen LogP contribution is 2.47. The first-order chi connectivity index (χ1) is 18.9. The number of imidazole rings is 1. The van der Waals surface area contributed by atoms with Crippen LogP contribution in [-0.4, -0.2) is 68.7 Å². The highest BCUT2D eigenvalue weighted by molar-refractivity contribution is 8.00. The highest BCUT2D eigenvalue weighted by Gasteiger charge is 2.52. The Kier molecular flexibility index (Phi) is 9.60. The van der Waals surface area contributed by atoms with Gasteiger partial charge in [-0.1, -0.05) is 32.9 Å².